The lowest BCUT2D eigenvalue weighted by Crippen LogP contribution is -2.24. The van der Waals surface area contributed by atoms with Gasteiger partial charge in [0.2, 0.25) is 0 Å². The zero-order chi connectivity index (χ0) is 11.7. The molecular weight excluding hydrogens is 228 g/mol. The Balaban J connectivity index is 2.39. The highest BCUT2D eigenvalue weighted by atomic mass is 32.2. The summed E-state index contributed by atoms with van der Waals surface area (Å²) in [5.74, 6) is -0.444. The van der Waals surface area contributed by atoms with E-state index in [0.29, 0.717) is 16.2 Å². The molecule has 1 unspecified atom stereocenters. The summed E-state index contributed by atoms with van der Waals surface area (Å²) in [7, 11) is 1.53. The SMILES string of the molecule is COc1ccc2c(c1)SC(C(=O)O)CC2=O. The van der Waals surface area contributed by atoms with E-state index in [1.807, 2.05) is 0 Å². The van der Waals surface area contributed by atoms with E-state index in [4.69, 9.17) is 9.84 Å². The summed E-state index contributed by atoms with van der Waals surface area (Å²) in [4.78, 5) is 23.2. The van der Waals surface area contributed by atoms with E-state index < -0.39 is 11.2 Å². The fourth-order valence-corrected chi connectivity index (χ4v) is 2.70. The lowest BCUT2D eigenvalue weighted by molar-refractivity contribution is -0.136. The van der Waals surface area contributed by atoms with Crippen molar-refractivity contribution in [2.24, 2.45) is 0 Å². The number of carbonyl (C=O) groups excluding carboxylic acids is 1. The number of ketones is 1. The van der Waals surface area contributed by atoms with Crippen molar-refractivity contribution in [3.05, 3.63) is 23.8 Å². The molecule has 1 atom stereocenters. The largest absolute Gasteiger partial charge is 0.497 e. The third-order valence-corrected chi connectivity index (χ3v) is 3.65. The molecule has 1 aliphatic rings. The molecule has 0 saturated heterocycles. The molecule has 1 heterocycles. The molecule has 0 radical (unpaired) electrons. The number of aliphatic carboxylic acids is 1. The van der Waals surface area contributed by atoms with Crippen LogP contribution in [0.5, 0.6) is 5.75 Å². The number of benzene rings is 1. The Bertz CT molecular complexity index is 455. The Hall–Kier alpha value is -1.49. The van der Waals surface area contributed by atoms with Crippen LogP contribution in [-0.4, -0.2) is 29.2 Å². The number of carbonyl (C=O) groups is 2. The maximum Gasteiger partial charge on any atom is 0.317 e. The number of ether oxygens (including phenoxy) is 1. The van der Waals surface area contributed by atoms with Gasteiger partial charge in [-0.15, -0.1) is 11.8 Å². The fourth-order valence-electron chi connectivity index (χ4n) is 1.57. The van der Waals surface area contributed by atoms with Crippen molar-refractivity contribution in [1.82, 2.24) is 0 Å². The number of carboxylic acids is 1. The smallest absolute Gasteiger partial charge is 0.317 e. The van der Waals surface area contributed by atoms with Crippen molar-refractivity contribution >= 4 is 23.5 Å². The van der Waals surface area contributed by atoms with Gasteiger partial charge in [0.15, 0.2) is 5.78 Å². The minimum atomic E-state index is -0.952. The highest BCUT2D eigenvalue weighted by molar-refractivity contribution is 8.00. The van der Waals surface area contributed by atoms with Crippen LogP contribution in [-0.2, 0) is 4.79 Å². The van der Waals surface area contributed by atoms with Crippen molar-refractivity contribution in [2.45, 2.75) is 16.6 Å². The van der Waals surface area contributed by atoms with E-state index in [0.717, 1.165) is 0 Å². The van der Waals surface area contributed by atoms with Gasteiger partial charge < -0.3 is 9.84 Å². The van der Waals surface area contributed by atoms with Gasteiger partial charge in [0.25, 0.3) is 0 Å². The molecular formula is C11H10O4S. The number of hydrogen-bond acceptors (Lipinski definition) is 4. The highest BCUT2D eigenvalue weighted by Crippen LogP contribution is 2.37. The van der Waals surface area contributed by atoms with Crippen molar-refractivity contribution in [2.75, 3.05) is 7.11 Å². The second-order valence-corrected chi connectivity index (χ2v) is 4.68. The quantitative estimate of drug-likeness (QED) is 0.851. The van der Waals surface area contributed by atoms with Gasteiger partial charge in [0.05, 0.1) is 7.11 Å². The molecule has 0 spiro atoms. The zero-order valence-corrected chi connectivity index (χ0v) is 9.41. The van der Waals surface area contributed by atoms with Crippen LogP contribution in [0.1, 0.15) is 16.8 Å². The summed E-state index contributed by atoms with van der Waals surface area (Å²) in [6.07, 6.45) is 0.0549. The monoisotopic (exact) mass is 238 g/mol. The Kier molecular flexibility index (Phi) is 2.87. The van der Waals surface area contributed by atoms with Crippen molar-refractivity contribution < 1.29 is 19.4 Å². The van der Waals surface area contributed by atoms with E-state index in [9.17, 15) is 9.59 Å². The molecule has 2 rings (SSSR count). The standard InChI is InChI=1S/C11H10O4S/c1-15-6-2-3-7-8(12)5-10(11(13)14)16-9(7)4-6/h2-4,10H,5H2,1H3,(H,13,14). The lowest BCUT2D eigenvalue weighted by Gasteiger charge is -2.20. The van der Waals surface area contributed by atoms with E-state index >= 15 is 0 Å². The normalized spacial score (nSPS) is 19.1. The maximum absolute atomic E-state index is 11.7. The van der Waals surface area contributed by atoms with Gasteiger partial charge in [-0.1, -0.05) is 0 Å². The number of hydrogen-bond donors (Lipinski definition) is 1. The summed E-state index contributed by atoms with van der Waals surface area (Å²) in [5.41, 5.74) is 0.586. The first kappa shape index (κ1) is 11.0. The van der Waals surface area contributed by atoms with Gasteiger partial charge in [-0.25, -0.2) is 0 Å². The summed E-state index contributed by atoms with van der Waals surface area (Å²) in [6, 6.07) is 5.09. The summed E-state index contributed by atoms with van der Waals surface area (Å²) in [6.45, 7) is 0. The number of fused-ring (bicyclic) bond motifs is 1. The molecule has 0 amide bonds. The maximum atomic E-state index is 11.7. The van der Waals surface area contributed by atoms with Gasteiger partial charge in [0, 0.05) is 16.9 Å². The number of carboxylic acid groups (broad SMARTS) is 1. The Morgan fingerprint density at radius 1 is 1.56 bits per heavy atom. The van der Waals surface area contributed by atoms with E-state index in [1.165, 1.54) is 18.9 Å². The molecule has 0 saturated carbocycles. The molecule has 1 aromatic rings. The topological polar surface area (TPSA) is 63.6 Å². The van der Waals surface area contributed by atoms with E-state index in [1.54, 1.807) is 18.2 Å². The molecule has 16 heavy (non-hydrogen) atoms. The summed E-state index contributed by atoms with van der Waals surface area (Å²) >= 11 is 1.20. The molecule has 1 N–H and O–H groups in total. The van der Waals surface area contributed by atoms with Crippen LogP contribution < -0.4 is 4.74 Å². The molecule has 0 bridgehead atoms. The van der Waals surface area contributed by atoms with Crippen molar-refractivity contribution in [3.63, 3.8) is 0 Å². The van der Waals surface area contributed by atoms with Crippen LogP contribution in [0.25, 0.3) is 0 Å². The minimum absolute atomic E-state index is 0.0549. The lowest BCUT2D eigenvalue weighted by atomic mass is 10.1. The van der Waals surface area contributed by atoms with E-state index in [-0.39, 0.29) is 12.2 Å². The Morgan fingerprint density at radius 2 is 2.31 bits per heavy atom. The fraction of sp³-hybridized carbons (Fsp3) is 0.273. The first-order chi connectivity index (χ1) is 7.61. The Labute approximate surface area is 96.6 Å². The summed E-state index contributed by atoms with van der Waals surface area (Å²) in [5, 5.41) is 8.22. The van der Waals surface area contributed by atoms with Gasteiger partial charge >= 0.3 is 5.97 Å². The van der Waals surface area contributed by atoms with Crippen LogP contribution in [0.15, 0.2) is 23.1 Å². The van der Waals surface area contributed by atoms with Crippen LogP contribution in [0.2, 0.25) is 0 Å². The van der Waals surface area contributed by atoms with Gasteiger partial charge in [-0.3, -0.25) is 9.59 Å². The van der Waals surface area contributed by atoms with Crippen LogP contribution in [0, 0.1) is 0 Å². The van der Waals surface area contributed by atoms with Crippen molar-refractivity contribution in [1.29, 1.82) is 0 Å². The Morgan fingerprint density at radius 3 is 2.94 bits per heavy atom. The molecule has 1 aromatic carbocycles. The van der Waals surface area contributed by atoms with E-state index in [2.05, 4.69) is 0 Å². The predicted molar refractivity (Wildman–Crippen MR) is 59.2 cm³/mol. The number of methoxy groups -OCH3 is 1. The molecule has 0 fully saturated rings. The average Bonchev–Trinajstić information content (AvgIpc) is 2.28. The second-order valence-electron chi connectivity index (χ2n) is 3.43. The zero-order valence-electron chi connectivity index (χ0n) is 8.60. The third kappa shape index (κ3) is 1.90. The predicted octanol–water partition coefficient (Wildman–Crippen LogP) is 1.83. The average molecular weight is 238 g/mol. The molecule has 0 aromatic heterocycles. The third-order valence-electron chi connectivity index (χ3n) is 2.40. The minimum Gasteiger partial charge on any atom is -0.497 e. The number of Topliss-reactive ketones (excluding diaryl/α,β-unsaturated/α-hetero) is 1. The summed E-state index contributed by atoms with van der Waals surface area (Å²) < 4.78 is 5.04. The molecule has 0 aliphatic carbocycles. The van der Waals surface area contributed by atoms with Gasteiger partial charge in [-0.2, -0.15) is 0 Å². The molecule has 1 aliphatic heterocycles. The van der Waals surface area contributed by atoms with Crippen molar-refractivity contribution in [3.8, 4) is 5.75 Å². The second kappa shape index (κ2) is 4.17. The molecule has 5 heteroatoms. The van der Waals surface area contributed by atoms with Gasteiger partial charge in [-0.05, 0) is 18.2 Å². The first-order valence-electron chi connectivity index (χ1n) is 4.72. The van der Waals surface area contributed by atoms with Crippen LogP contribution >= 0.6 is 11.8 Å². The highest BCUT2D eigenvalue weighted by Gasteiger charge is 2.30. The number of rotatable bonds is 2. The van der Waals surface area contributed by atoms with Crippen LogP contribution in [0.3, 0.4) is 0 Å². The number of thioether (sulfide) groups is 1. The molecule has 84 valence electrons. The first-order valence-corrected chi connectivity index (χ1v) is 5.60. The van der Waals surface area contributed by atoms with Crippen LogP contribution in [0.4, 0.5) is 0 Å². The van der Waals surface area contributed by atoms with Gasteiger partial charge in [0.1, 0.15) is 11.0 Å². The molecule has 4 nitrogen and oxygen atoms in total.